The van der Waals surface area contributed by atoms with Crippen LogP contribution in [0.1, 0.15) is 11.6 Å². The van der Waals surface area contributed by atoms with Gasteiger partial charge < -0.3 is 10.1 Å². The van der Waals surface area contributed by atoms with Crippen molar-refractivity contribution in [3.05, 3.63) is 33.8 Å². The molecular formula is C9H8Cl3NO2. The fourth-order valence-electron chi connectivity index (χ4n) is 1.34. The monoisotopic (exact) mass is 267 g/mol. The lowest BCUT2D eigenvalue weighted by Crippen LogP contribution is -2.18. The number of ether oxygens (including phenoxy) is 1. The summed E-state index contributed by atoms with van der Waals surface area (Å²) in [6.45, 7) is 0.291. The maximum Gasteiger partial charge on any atom is 0.407 e. The Hall–Kier alpha value is -0.640. The van der Waals surface area contributed by atoms with E-state index in [9.17, 15) is 4.79 Å². The highest BCUT2D eigenvalue weighted by Gasteiger charge is 2.25. The van der Waals surface area contributed by atoms with Crippen LogP contribution >= 0.6 is 35.6 Å². The lowest BCUT2D eigenvalue weighted by molar-refractivity contribution is 0.177. The van der Waals surface area contributed by atoms with E-state index in [1.165, 1.54) is 0 Å². The number of alkyl carbamates (subject to hydrolysis) is 1. The lowest BCUT2D eigenvalue weighted by atomic mass is 10.1. The van der Waals surface area contributed by atoms with Gasteiger partial charge in [0.05, 0.1) is 16.1 Å². The van der Waals surface area contributed by atoms with Gasteiger partial charge in [-0.15, -0.1) is 12.4 Å². The molecule has 0 aromatic heterocycles. The molecule has 15 heavy (non-hydrogen) atoms. The zero-order valence-corrected chi connectivity index (χ0v) is 9.83. The van der Waals surface area contributed by atoms with Crippen LogP contribution in [0.4, 0.5) is 4.79 Å². The van der Waals surface area contributed by atoms with Crippen LogP contribution in [0.2, 0.25) is 10.0 Å². The number of amides is 1. The molecule has 0 radical (unpaired) electrons. The lowest BCUT2D eigenvalue weighted by Gasteiger charge is -2.10. The van der Waals surface area contributed by atoms with E-state index in [0.717, 1.165) is 5.56 Å². The van der Waals surface area contributed by atoms with Crippen molar-refractivity contribution in [2.45, 2.75) is 6.04 Å². The second-order valence-corrected chi connectivity index (χ2v) is 3.72. The van der Waals surface area contributed by atoms with E-state index in [1.54, 1.807) is 12.1 Å². The second kappa shape index (κ2) is 4.92. The van der Waals surface area contributed by atoms with Crippen molar-refractivity contribution < 1.29 is 9.53 Å². The van der Waals surface area contributed by atoms with Crippen molar-refractivity contribution in [1.29, 1.82) is 0 Å². The molecule has 1 aromatic carbocycles. The number of halogens is 3. The molecule has 1 heterocycles. The summed E-state index contributed by atoms with van der Waals surface area (Å²) in [6.07, 6.45) is -0.425. The molecule has 1 aliphatic rings. The quantitative estimate of drug-likeness (QED) is 0.849. The zero-order chi connectivity index (χ0) is 10.1. The molecule has 82 valence electrons. The second-order valence-electron chi connectivity index (χ2n) is 2.94. The minimum absolute atomic E-state index is 0. The highest BCUT2D eigenvalue weighted by molar-refractivity contribution is 6.42. The summed E-state index contributed by atoms with van der Waals surface area (Å²) in [7, 11) is 0. The van der Waals surface area contributed by atoms with E-state index in [-0.39, 0.29) is 18.4 Å². The third-order valence-electron chi connectivity index (χ3n) is 2.03. The summed E-state index contributed by atoms with van der Waals surface area (Å²) in [6, 6.07) is 5.10. The summed E-state index contributed by atoms with van der Waals surface area (Å²) in [4.78, 5) is 10.8. The van der Waals surface area contributed by atoms with Gasteiger partial charge in [0.2, 0.25) is 0 Å². The van der Waals surface area contributed by atoms with Crippen molar-refractivity contribution in [2.75, 3.05) is 6.61 Å². The maximum absolute atomic E-state index is 10.8. The van der Waals surface area contributed by atoms with Crippen molar-refractivity contribution in [2.24, 2.45) is 0 Å². The van der Waals surface area contributed by atoms with Gasteiger partial charge in [-0.25, -0.2) is 4.79 Å². The first-order chi connectivity index (χ1) is 6.68. The van der Waals surface area contributed by atoms with E-state index in [2.05, 4.69) is 5.32 Å². The predicted octanol–water partition coefficient (Wildman–Crippen LogP) is 3.20. The van der Waals surface area contributed by atoms with Gasteiger partial charge in [-0.2, -0.15) is 0 Å². The van der Waals surface area contributed by atoms with Crippen molar-refractivity contribution >= 4 is 41.7 Å². The molecule has 1 amide bonds. The summed E-state index contributed by atoms with van der Waals surface area (Å²) >= 11 is 11.8. The van der Waals surface area contributed by atoms with Gasteiger partial charge in [-0.05, 0) is 11.6 Å². The van der Waals surface area contributed by atoms with E-state index in [4.69, 9.17) is 27.9 Å². The number of carbonyl (C=O) groups is 1. The van der Waals surface area contributed by atoms with E-state index in [1.807, 2.05) is 6.07 Å². The Morgan fingerprint density at radius 1 is 1.40 bits per heavy atom. The van der Waals surface area contributed by atoms with Gasteiger partial charge >= 0.3 is 6.09 Å². The highest BCUT2D eigenvalue weighted by Crippen LogP contribution is 2.31. The minimum Gasteiger partial charge on any atom is -0.447 e. The molecular weight excluding hydrogens is 260 g/mol. The van der Waals surface area contributed by atoms with Crippen LogP contribution in [0.15, 0.2) is 18.2 Å². The Bertz CT molecular complexity index is 384. The van der Waals surface area contributed by atoms with Gasteiger partial charge in [-0.3, -0.25) is 0 Å². The molecule has 0 saturated carbocycles. The minimum atomic E-state index is -0.425. The maximum atomic E-state index is 10.8. The number of cyclic esters (lactones) is 1. The molecule has 1 aliphatic heterocycles. The molecule has 1 N–H and O–H groups in total. The van der Waals surface area contributed by atoms with E-state index >= 15 is 0 Å². The van der Waals surface area contributed by atoms with Gasteiger partial charge in [0.25, 0.3) is 0 Å². The molecule has 3 nitrogen and oxygen atoms in total. The number of hydrogen-bond acceptors (Lipinski definition) is 2. The third kappa shape index (κ3) is 2.48. The highest BCUT2D eigenvalue weighted by atomic mass is 35.5. The molecule has 1 fully saturated rings. The summed E-state index contributed by atoms with van der Waals surface area (Å²) in [5, 5.41) is 3.57. The summed E-state index contributed by atoms with van der Waals surface area (Å²) < 4.78 is 4.76. The SMILES string of the molecule is Cl.O=C1N[C@@H](c2cccc(Cl)c2Cl)CO1. The third-order valence-corrected chi connectivity index (χ3v) is 2.86. The Balaban J connectivity index is 0.00000112. The molecule has 0 aliphatic carbocycles. The first kappa shape index (κ1) is 12.4. The van der Waals surface area contributed by atoms with Crippen molar-refractivity contribution in [1.82, 2.24) is 5.32 Å². The van der Waals surface area contributed by atoms with Crippen LogP contribution in [0.25, 0.3) is 0 Å². The van der Waals surface area contributed by atoms with Crippen molar-refractivity contribution in [3.8, 4) is 0 Å². The summed E-state index contributed by atoms with van der Waals surface area (Å²) in [5.74, 6) is 0. The Morgan fingerprint density at radius 2 is 2.13 bits per heavy atom. The van der Waals surface area contributed by atoms with Crippen LogP contribution < -0.4 is 5.32 Å². The van der Waals surface area contributed by atoms with Crippen LogP contribution in [-0.2, 0) is 4.74 Å². The number of hydrogen-bond donors (Lipinski definition) is 1. The first-order valence-corrected chi connectivity index (χ1v) is 4.81. The fraction of sp³-hybridized carbons (Fsp3) is 0.222. The summed E-state index contributed by atoms with van der Waals surface area (Å²) in [5.41, 5.74) is 0.782. The number of carbonyl (C=O) groups excluding carboxylic acids is 1. The van der Waals surface area contributed by atoms with Gasteiger partial charge in [-0.1, -0.05) is 35.3 Å². The molecule has 1 aromatic rings. The van der Waals surface area contributed by atoms with Gasteiger partial charge in [0.1, 0.15) is 6.61 Å². The average Bonchev–Trinajstić information content (AvgIpc) is 2.57. The molecule has 2 rings (SSSR count). The van der Waals surface area contributed by atoms with Gasteiger partial charge in [0, 0.05) is 0 Å². The molecule has 0 spiro atoms. The van der Waals surface area contributed by atoms with E-state index < -0.39 is 6.09 Å². The fourth-order valence-corrected chi connectivity index (χ4v) is 1.78. The van der Waals surface area contributed by atoms with Gasteiger partial charge in [0.15, 0.2) is 0 Å². The normalized spacial score (nSPS) is 19.1. The molecule has 0 unspecified atom stereocenters. The number of nitrogens with one attached hydrogen (secondary N) is 1. The first-order valence-electron chi connectivity index (χ1n) is 4.05. The largest absolute Gasteiger partial charge is 0.447 e. The van der Waals surface area contributed by atoms with Crippen LogP contribution in [0.3, 0.4) is 0 Å². The topological polar surface area (TPSA) is 38.3 Å². The number of benzene rings is 1. The Labute approximate surface area is 103 Å². The standard InChI is InChI=1S/C9H7Cl2NO2.ClH/c10-6-3-1-2-5(8(6)11)7-4-14-9(13)12-7;/h1-3,7H,4H2,(H,12,13);1H/t7-;/m1./s1. The number of rotatable bonds is 1. The smallest absolute Gasteiger partial charge is 0.407 e. The van der Waals surface area contributed by atoms with Crippen LogP contribution in [0, 0.1) is 0 Å². The van der Waals surface area contributed by atoms with Crippen LogP contribution in [0.5, 0.6) is 0 Å². The van der Waals surface area contributed by atoms with Crippen molar-refractivity contribution in [3.63, 3.8) is 0 Å². The molecule has 1 atom stereocenters. The zero-order valence-electron chi connectivity index (χ0n) is 7.50. The van der Waals surface area contributed by atoms with E-state index in [0.29, 0.717) is 16.7 Å². The Kier molecular flexibility index (Phi) is 4.08. The molecule has 1 saturated heterocycles. The average molecular weight is 269 g/mol. The molecule has 6 heteroatoms. The van der Waals surface area contributed by atoms with Crippen LogP contribution in [-0.4, -0.2) is 12.7 Å². The Morgan fingerprint density at radius 3 is 2.73 bits per heavy atom. The predicted molar refractivity (Wildman–Crippen MR) is 60.9 cm³/mol. The molecule has 0 bridgehead atoms.